The van der Waals surface area contributed by atoms with Crippen LogP contribution < -0.4 is 26.2 Å². The molecule has 63 heavy (non-hydrogen) atoms. The summed E-state index contributed by atoms with van der Waals surface area (Å²) in [5.41, 5.74) is 15.4. The number of benzene rings is 9. The van der Waals surface area contributed by atoms with Gasteiger partial charge in [0.05, 0.1) is 11.4 Å². The molecule has 0 amide bonds. The van der Waals surface area contributed by atoms with Gasteiger partial charge in [0.15, 0.2) is 0 Å². The maximum Gasteiger partial charge on any atom is 0.252 e. The number of rotatable bonds is 2. The number of hydrogen-bond acceptors (Lipinski definition) is 4. The van der Waals surface area contributed by atoms with Crippen LogP contribution in [0, 0.1) is 0 Å². The second-order valence-corrected chi connectivity index (χ2v) is 20.8. The highest BCUT2D eigenvalue weighted by atomic mass is 32.1. The summed E-state index contributed by atoms with van der Waals surface area (Å²) in [4.78, 5) is 5.26. The van der Waals surface area contributed by atoms with E-state index in [0.717, 1.165) is 27.6 Å². The van der Waals surface area contributed by atoms with Crippen molar-refractivity contribution < 1.29 is 4.42 Å². The predicted molar refractivity (Wildman–Crippen MR) is 273 cm³/mol. The van der Waals surface area contributed by atoms with Crippen molar-refractivity contribution in [1.29, 1.82) is 0 Å². The third-order valence-electron chi connectivity index (χ3n) is 13.9. The van der Waals surface area contributed by atoms with Crippen LogP contribution in [0.5, 0.6) is 0 Å². The molecule has 0 unspecified atom stereocenters. The Labute approximate surface area is 371 Å². The molecule has 2 aromatic heterocycles. The van der Waals surface area contributed by atoms with Gasteiger partial charge in [-0.15, -0.1) is 11.3 Å². The highest BCUT2D eigenvalue weighted by Gasteiger charge is 2.46. The van der Waals surface area contributed by atoms with Crippen LogP contribution in [0.25, 0.3) is 63.7 Å². The summed E-state index contributed by atoms with van der Waals surface area (Å²) in [5.74, 6) is 0. The predicted octanol–water partition coefficient (Wildman–Crippen LogP) is 14.9. The highest BCUT2D eigenvalue weighted by molar-refractivity contribution is 7.26. The molecule has 0 saturated carbocycles. The Bertz CT molecular complexity index is 3510. The lowest BCUT2D eigenvalue weighted by Crippen LogP contribution is -2.61. The topological polar surface area (TPSA) is 19.6 Å². The van der Waals surface area contributed by atoms with Gasteiger partial charge in [0.2, 0.25) is 0 Å². The Balaban J connectivity index is 1.23. The first-order valence-corrected chi connectivity index (χ1v) is 23.0. The van der Waals surface area contributed by atoms with Crippen molar-refractivity contribution >= 4 is 132 Å². The van der Waals surface area contributed by atoms with E-state index in [1.54, 1.807) is 0 Å². The summed E-state index contributed by atoms with van der Waals surface area (Å²) in [7, 11) is 0. The molecule has 13 rings (SSSR count). The van der Waals surface area contributed by atoms with Gasteiger partial charge in [0.1, 0.15) is 11.2 Å². The molecule has 0 radical (unpaired) electrons. The van der Waals surface area contributed by atoms with E-state index < -0.39 is 0 Å². The fraction of sp³-hybridized carbons (Fsp3) is 0.138. The Hall–Kier alpha value is -6.82. The molecule has 9 aromatic carbocycles. The van der Waals surface area contributed by atoms with Gasteiger partial charge in [-0.05, 0) is 84.8 Å². The first-order valence-electron chi connectivity index (χ1n) is 22.2. The third kappa shape index (κ3) is 5.20. The maximum atomic E-state index is 6.77. The number of anilines is 6. The van der Waals surface area contributed by atoms with Crippen molar-refractivity contribution in [2.45, 2.75) is 52.4 Å². The molecule has 0 atom stereocenters. The van der Waals surface area contributed by atoms with Gasteiger partial charge in [-0.1, -0.05) is 169 Å². The molecule has 0 aliphatic carbocycles. The number of furan rings is 1. The molecule has 0 fully saturated rings. The van der Waals surface area contributed by atoms with E-state index in [1.165, 1.54) is 97.7 Å². The van der Waals surface area contributed by atoms with Crippen LogP contribution in [-0.4, -0.2) is 6.71 Å². The first-order chi connectivity index (χ1) is 30.5. The highest BCUT2D eigenvalue weighted by Crippen LogP contribution is 2.52. The largest absolute Gasteiger partial charge is 0.456 e. The van der Waals surface area contributed by atoms with Crippen molar-refractivity contribution in [2.24, 2.45) is 0 Å². The van der Waals surface area contributed by atoms with Crippen LogP contribution in [0.15, 0.2) is 168 Å². The van der Waals surface area contributed by atoms with Crippen molar-refractivity contribution in [1.82, 2.24) is 0 Å². The van der Waals surface area contributed by atoms with Crippen LogP contribution in [0.3, 0.4) is 0 Å². The normalized spacial score (nSPS) is 13.8. The van der Waals surface area contributed by atoms with Crippen molar-refractivity contribution in [3.8, 4) is 0 Å². The summed E-state index contributed by atoms with van der Waals surface area (Å²) >= 11 is 1.90. The zero-order chi connectivity index (χ0) is 42.5. The molecular weight excluding hydrogens is 784 g/mol. The molecule has 2 aliphatic rings. The molecule has 4 heterocycles. The number of para-hydroxylation sites is 1. The van der Waals surface area contributed by atoms with Gasteiger partial charge < -0.3 is 14.2 Å². The minimum absolute atomic E-state index is 0.0593. The summed E-state index contributed by atoms with van der Waals surface area (Å²) in [6.45, 7) is 14.1. The van der Waals surface area contributed by atoms with Crippen LogP contribution in [0.1, 0.15) is 52.7 Å². The number of nitrogens with zero attached hydrogens (tertiary/aromatic N) is 2. The smallest absolute Gasteiger partial charge is 0.252 e. The summed E-state index contributed by atoms with van der Waals surface area (Å²) in [6.07, 6.45) is 0. The van der Waals surface area contributed by atoms with E-state index in [1.807, 2.05) is 11.3 Å². The lowest BCUT2D eigenvalue weighted by molar-refractivity contribution is 0.591. The lowest BCUT2D eigenvalue weighted by Gasteiger charge is -2.46. The molecule has 3 nitrogen and oxygen atoms in total. The van der Waals surface area contributed by atoms with Gasteiger partial charge in [0.25, 0.3) is 6.71 Å². The SMILES string of the molecule is CC(C)(C)c1ccc2ccccc2c1N1c2cc3oc4ccccc4c3cc2B2c3cc4c(cc3N(c3c(C(C)(C)C)ccc5ccccc35)c3cccc1c32)sc1ccccc14. The molecule has 2 aliphatic heterocycles. The van der Waals surface area contributed by atoms with Gasteiger partial charge in [-0.25, -0.2) is 0 Å². The van der Waals surface area contributed by atoms with E-state index in [0.29, 0.717) is 0 Å². The Morgan fingerprint density at radius 2 is 0.937 bits per heavy atom. The Kier molecular flexibility index (Phi) is 7.52. The van der Waals surface area contributed by atoms with Crippen molar-refractivity contribution in [3.63, 3.8) is 0 Å². The van der Waals surface area contributed by atoms with E-state index in [4.69, 9.17) is 4.42 Å². The molecule has 302 valence electrons. The quantitative estimate of drug-likeness (QED) is 0.162. The third-order valence-corrected chi connectivity index (χ3v) is 15.0. The fourth-order valence-electron chi connectivity index (χ4n) is 11.1. The van der Waals surface area contributed by atoms with E-state index in [2.05, 4.69) is 215 Å². The van der Waals surface area contributed by atoms with E-state index >= 15 is 0 Å². The molecule has 5 heteroatoms. The molecule has 0 N–H and O–H groups in total. The summed E-state index contributed by atoms with van der Waals surface area (Å²) in [5, 5.41) is 9.87. The standard InChI is InChI=1S/C58H45BN2OS/c1-57(2,3)42-28-26-34-16-7-9-18-36(34)55(42)60-46-22-15-23-47-54(46)59(44-30-40-38-20-11-13-24-50(38)62-51(40)32-48(44)60)45-31-41-39-21-12-14-25-52(39)63-53(41)33-49(45)61(47)56-37-19-10-8-17-35(37)27-29-43(56)58(4,5)6/h7-33H,1-6H3. The first kappa shape index (κ1) is 36.8. The zero-order valence-electron chi connectivity index (χ0n) is 36.4. The van der Waals surface area contributed by atoms with Crippen molar-refractivity contribution in [2.75, 3.05) is 9.80 Å². The van der Waals surface area contributed by atoms with E-state index in [-0.39, 0.29) is 17.5 Å². The molecule has 11 aromatic rings. The maximum absolute atomic E-state index is 6.77. The number of hydrogen-bond donors (Lipinski definition) is 0. The van der Waals surface area contributed by atoms with Crippen LogP contribution in [0.2, 0.25) is 0 Å². The fourth-order valence-corrected chi connectivity index (χ4v) is 12.2. The van der Waals surface area contributed by atoms with E-state index in [9.17, 15) is 0 Å². The minimum atomic E-state index is -0.149. The van der Waals surface area contributed by atoms with Crippen LogP contribution in [-0.2, 0) is 10.8 Å². The summed E-state index contributed by atoms with van der Waals surface area (Å²) < 4.78 is 9.39. The lowest BCUT2D eigenvalue weighted by atomic mass is 9.33. The van der Waals surface area contributed by atoms with Gasteiger partial charge >= 0.3 is 0 Å². The summed E-state index contributed by atoms with van der Waals surface area (Å²) in [6, 6.07) is 61.6. The van der Waals surface area contributed by atoms with Gasteiger partial charge in [0, 0.05) is 65.1 Å². The van der Waals surface area contributed by atoms with Crippen LogP contribution in [0.4, 0.5) is 34.1 Å². The second-order valence-electron chi connectivity index (χ2n) is 19.7. The molecule has 0 saturated heterocycles. The average Bonchev–Trinajstić information content (AvgIpc) is 3.83. The second kappa shape index (κ2) is 12.9. The Morgan fingerprint density at radius 3 is 1.56 bits per heavy atom. The number of fused-ring (bicyclic) bond motifs is 12. The Morgan fingerprint density at radius 1 is 0.413 bits per heavy atom. The molecule has 0 spiro atoms. The molecular formula is C58H45BN2OS. The molecule has 0 bridgehead atoms. The monoisotopic (exact) mass is 828 g/mol. The van der Waals surface area contributed by atoms with Crippen molar-refractivity contribution in [3.05, 3.63) is 175 Å². The van der Waals surface area contributed by atoms with Gasteiger partial charge in [-0.3, -0.25) is 0 Å². The average molecular weight is 829 g/mol. The minimum Gasteiger partial charge on any atom is -0.456 e. The van der Waals surface area contributed by atoms with Gasteiger partial charge in [-0.2, -0.15) is 0 Å². The van der Waals surface area contributed by atoms with Crippen LogP contribution >= 0.6 is 11.3 Å². The number of thiophene rings is 1. The zero-order valence-corrected chi connectivity index (χ0v) is 37.2.